The van der Waals surface area contributed by atoms with E-state index in [9.17, 15) is 9.18 Å². The van der Waals surface area contributed by atoms with E-state index in [0.717, 1.165) is 28.9 Å². The van der Waals surface area contributed by atoms with Gasteiger partial charge in [0, 0.05) is 37.1 Å². The van der Waals surface area contributed by atoms with E-state index >= 15 is 0 Å². The highest BCUT2D eigenvalue weighted by Gasteiger charge is 2.30. The molecule has 0 unspecified atom stereocenters. The molecule has 2 aromatic heterocycles. The smallest absolute Gasteiger partial charge is 0.246 e. The fraction of sp³-hybridized carbons (Fsp3) is 0.357. The molecular formula is C28H32FN5O3. The van der Waals surface area contributed by atoms with Crippen molar-refractivity contribution in [3.8, 4) is 11.5 Å². The number of aromatic nitrogens is 3. The molecule has 9 heteroatoms. The van der Waals surface area contributed by atoms with Crippen LogP contribution in [0.25, 0.3) is 23.1 Å². The Labute approximate surface area is 216 Å². The number of hydrogen-bond acceptors (Lipinski definition) is 7. The summed E-state index contributed by atoms with van der Waals surface area (Å²) in [6.45, 7) is 11.6. The molecule has 1 fully saturated rings. The number of hydrogen-bond donors (Lipinski definition) is 0. The van der Waals surface area contributed by atoms with Crippen molar-refractivity contribution < 1.29 is 18.7 Å². The van der Waals surface area contributed by atoms with Crippen molar-refractivity contribution in [2.45, 2.75) is 33.2 Å². The van der Waals surface area contributed by atoms with Gasteiger partial charge in [0.25, 0.3) is 0 Å². The summed E-state index contributed by atoms with van der Waals surface area (Å²) in [5, 5.41) is 0.874. The van der Waals surface area contributed by atoms with E-state index in [1.54, 1.807) is 19.1 Å². The summed E-state index contributed by atoms with van der Waals surface area (Å²) in [4.78, 5) is 30.4. The molecule has 0 radical (unpaired) electrons. The molecule has 0 N–H and O–H groups in total. The number of ether oxygens (including phenoxy) is 2. The van der Waals surface area contributed by atoms with Gasteiger partial charge in [-0.3, -0.25) is 9.78 Å². The highest BCUT2D eigenvalue weighted by molar-refractivity contribution is 5.92. The molecule has 1 saturated heterocycles. The molecular weight excluding hydrogens is 473 g/mol. The minimum atomic E-state index is -0.478. The SMILES string of the molecule is C=CC(=O)N1CCN(c2nc(/C=C/c3cc(OC)c(F)c(C)n3)nc3ccc(OCC)cc23)C[C@@H]1CC. The van der Waals surface area contributed by atoms with Crippen molar-refractivity contribution in [3.63, 3.8) is 0 Å². The van der Waals surface area contributed by atoms with Gasteiger partial charge < -0.3 is 19.3 Å². The normalized spacial score (nSPS) is 15.9. The zero-order valence-corrected chi connectivity index (χ0v) is 21.7. The summed E-state index contributed by atoms with van der Waals surface area (Å²) in [5.41, 5.74) is 1.56. The van der Waals surface area contributed by atoms with E-state index in [1.807, 2.05) is 30.0 Å². The highest BCUT2D eigenvalue weighted by atomic mass is 19.1. The molecule has 8 nitrogen and oxygen atoms in total. The van der Waals surface area contributed by atoms with Crippen LogP contribution in [0.4, 0.5) is 10.2 Å². The van der Waals surface area contributed by atoms with Crippen LogP contribution < -0.4 is 14.4 Å². The van der Waals surface area contributed by atoms with Gasteiger partial charge in [-0.2, -0.15) is 0 Å². The molecule has 3 heterocycles. The third-order valence-electron chi connectivity index (χ3n) is 6.42. The Hall–Kier alpha value is -4.01. The topological polar surface area (TPSA) is 80.7 Å². The molecule has 0 aliphatic carbocycles. The van der Waals surface area contributed by atoms with Crippen LogP contribution in [0.3, 0.4) is 0 Å². The van der Waals surface area contributed by atoms with Crippen LogP contribution in [0.1, 0.15) is 37.5 Å². The first-order valence-corrected chi connectivity index (χ1v) is 12.4. The van der Waals surface area contributed by atoms with E-state index < -0.39 is 5.82 Å². The number of rotatable bonds is 8. The molecule has 1 amide bonds. The number of carbonyl (C=O) groups excluding carboxylic acids is 1. The van der Waals surface area contributed by atoms with Gasteiger partial charge in [-0.15, -0.1) is 0 Å². The summed E-state index contributed by atoms with van der Waals surface area (Å²) >= 11 is 0. The van der Waals surface area contributed by atoms with Crippen LogP contribution >= 0.6 is 0 Å². The monoisotopic (exact) mass is 505 g/mol. The minimum Gasteiger partial charge on any atom is -0.494 e. The lowest BCUT2D eigenvalue weighted by molar-refractivity contribution is -0.128. The second-order valence-corrected chi connectivity index (χ2v) is 8.74. The third kappa shape index (κ3) is 5.55. The van der Waals surface area contributed by atoms with Gasteiger partial charge >= 0.3 is 0 Å². The second kappa shape index (κ2) is 11.4. The number of pyridine rings is 1. The average molecular weight is 506 g/mol. The molecule has 0 saturated carbocycles. The Bertz CT molecular complexity index is 1340. The number of nitrogens with zero attached hydrogens (tertiary/aromatic N) is 5. The molecule has 1 aliphatic heterocycles. The van der Waals surface area contributed by atoms with E-state index in [2.05, 4.69) is 23.4 Å². The summed E-state index contributed by atoms with van der Waals surface area (Å²) in [7, 11) is 1.42. The minimum absolute atomic E-state index is 0.0391. The quantitative estimate of drug-likeness (QED) is 0.412. The van der Waals surface area contributed by atoms with Gasteiger partial charge in [-0.1, -0.05) is 13.5 Å². The molecule has 1 aliphatic rings. The van der Waals surface area contributed by atoms with E-state index in [4.69, 9.17) is 19.4 Å². The molecule has 194 valence electrons. The first-order valence-electron chi connectivity index (χ1n) is 12.4. The number of anilines is 1. The fourth-order valence-corrected chi connectivity index (χ4v) is 4.53. The number of methoxy groups -OCH3 is 1. The second-order valence-electron chi connectivity index (χ2n) is 8.74. The van der Waals surface area contributed by atoms with Crippen molar-refractivity contribution in [3.05, 3.63) is 59.9 Å². The zero-order chi connectivity index (χ0) is 26.5. The molecule has 37 heavy (non-hydrogen) atoms. The van der Waals surface area contributed by atoms with Gasteiger partial charge in [0.1, 0.15) is 11.6 Å². The maximum atomic E-state index is 14.1. The Kier molecular flexibility index (Phi) is 8.01. The molecule has 0 spiro atoms. The predicted octanol–water partition coefficient (Wildman–Crippen LogP) is 4.66. The Morgan fingerprint density at radius 2 is 2.00 bits per heavy atom. The van der Waals surface area contributed by atoms with Crippen molar-refractivity contribution in [1.82, 2.24) is 19.9 Å². The summed E-state index contributed by atoms with van der Waals surface area (Å²) < 4.78 is 25.0. The van der Waals surface area contributed by atoms with Crippen molar-refractivity contribution in [2.24, 2.45) is 0 Å². The van der Waals surface area contributed by atoms with E-state index in [0.29, 0.717) is 37.8 Å². The molecule has 1 aromatic carbocycles. The summed E-state index contributed by atoms with van der Waals surface area (Å²) in [6, 6.07) is 7.34. The van der Waals surface area contributed by atoms with Crippen LogP contribution in [-0.2, 0) is 4.79 Å². The highest BCUT2D eigenvalue weighted by Crippen LogP contribution is 2.30. The van der Waals surface area contributed by atoms with Crippen LogP contribution in [0, 0.1) is 12.7 Å². The molecule has 4 rings (SSSR count). The largest absolute Gasteiger partial charge is 0.494 e. The summed E-state index contributed by atoms with van der Waals surface area (Å²) in [5.74, 6) is 1.61. The van der Waals surface area contributed by atoms with Crippen molar-refractivity contribution in [2.75, 3.05) is 38.3 Å². The van der Waals surface area contributed by atoms with Gasteiger partial charge in [0.15, 0.2) is 17.4 Å². The van der Waals surface area contributed by atoms with Crippen LogP contribution in [0.5, 0.6) is 11.5 Å². The lowest BCUT2D eigenvalue weighted by Crippen LogP contribution is -2.55. The summed E-state index contributed by atoms with van der Waals surface area (Å²) in [6.07, 6.45) is 5.68. The van der Waals surface area contributed by atoms with Gasteiger partial charge in [-0.25, -0.2) is 14.4 Å². The van der Waals surface area contributed by atoms with Gasteiger partial charge in [0.05, 0.1) is 30.6 Å². The lowest BCUT2D eigenvalue weighted by Gasteiger charge is -2.41. The van der Waals surface area contributed by atoms with E-state index in [-0.39, 0.29) is 23.4 Å². The molecule has 0 bridgehead atoms. The van der Waals surface area contributed by atoms with Gasteiger partial charge in [0.2, 0.25) is 5.91 Å². The average Bonchev–Trinajstić information content (AvgIpc) is 2.92. The van der Waals surface area contributed by atoms with Gasteiger partial charge in [-0.05, 0) is 56.7 Å². The number of piperazine rings is 1. The number of aryl methyl sites for hydroxylation is 1. The first kappa shape index (κ1) is 26.1. The lowest BCUT2D eigenvalue weighted by atomic mass is 10.1. The maximum absolute atomic E-state index is 14.1. The standard InChI is InChI=1S/C28H32FN5O3/c1-6-20-17-33(13-14-34(20)26(35)7-2)28-22-16-21(37-8-3)10-11-23(22)31-25(32-28)12-9-19-15-24(36-5)27(29)18(4)30-19/h7,9-12,15-16,20H,2,6,8,13-14,17H2,1,3-5H3/b12-9+/t20-/m0/s1. The van der Waals surface area contributed by atoms with Crippen molar-refractivity contribution >= 4 is 34.8 Å². The Morgan fingerprint density at radius 3 is 2.70 bits per heavy atom. The third-order valence-corrected chi connectivity index (χ3v) is 6.42. The number of carbonyl (C=O) groups is 1. The Balaban J connectivity index is 1.75. The van der Waals surface area contributed by atoms with Crippen LogP contribution in [-0.4, -0.2) is 65.2 Å². The zero-order valence-electron chi connectivity index (χ0n) is 21.7. The van der Waals surface area contributed by atoms with Crippen molar-refractivity contribution in [1.29, 1.82) is 0 Å². The number of fused-ring (bicyclic) bond motifs is 1. The Morgan fingerprint density at radius 1 is 1.19 bits per heavy atom. The molecule has 3 aromatic rings. The maximum Gasteiger partial charge on any atom is 0.246 e. The number of halogens is 1. The van der Waals surface area contributed by atoms with Crippen LogP contribution in [0.15, 0.2) is 36.9 Å². The van der Waals surface area contributed by atoms with E-state index in [1.165, 1.54) is 19.3 Å². The molecule has 1 atom stereocenters. The predicted molar refractivity (Wildman–Crippen MR) is 143 cm³/mol. The first-order chi connectivity index (χ1) is 17.9. The fourth-order valence-electron chi connectivity index (χ4n) is 4.53. The van der Waals surface area contributed by atoms with Crippen LogP contribution in [0.2, 0.25) is 0 Å². The number of amides is 1. The number of benzene rings is 1.